The average molecular weight is 276 g/mol. The maximum atomic E-state index is 12.4. The van der Waals surface area contributed by atoms with Crippen LogP contribution >= 0.6 is 0 Å². The Morgan fingerprint density at radius 1 is 1.25 bits per heavy atom. The SMILES string of the molecule is CC1(C(=O)Nc2ccc(N)cc2C(=O)O)CCCCC1. The third-order valence-electron chi connectivity index (χ3n) is 4.03. The summed E-state index contributed by atoms with van der Waals surface area (Å²) in [6.45, 7) is 1.94. The molecule has 0 saturated heterocycles. The lowest BCUT2D eigenvalue weighted by atomic mass is 9.75. The van der Waals surface area contributed by atoms with Crippen LogP contribution in [-0.4, -0.2) is 17.0 Å². The number of anilines is 2. The normalized spacial score (nSPS) is 17.4. The van der Waals surface area contributed by atoms with Crippen LogP contribution in [0.1, 0.15) is 49.4 Å². The van der Waals surface area contributed by atoms with Gasteiger partial charge in [-0.25, -0.2) is 4.79 Å². The van der Waals surface area contributed by atoms with Gasteiger partial charge in [0.25, 0.3) is 0 Å². The molecule has 0 aromatic heterocycles. The third-order valence-corrected chi connectivity index (χ3v) is 4.03. The molecule has 2 rings (SSSR count). The summed E-state index contributed by atoms with van der Waals surface area (Å²) in [5.41, 5.74) is 5.88. The molecule has 1 saturated carbocycles. The predicted octanol–water partition coefficient (Wildman–Crippen LogP) is 2.88. The molecule has 4 N–H and O–H groups in total. The largest absolute Gasteiger partial charge is 0.478 e. The Balaban J connectivity index is 2.21. The van der Waals surface area contributed by atoms with Gasteiger partial charge in [-0.1, -0.05) is 26.2 Å². The number of carbonyl (C=O) groups excluding carboxylic acids is 1. The summed E-state index contributed by atoms with van der Waals surface area (Å²) in [7, 11) is 0. The number of nitrogen functional groups attached to an aromatic ring is 1. The van der Waals surface area contributed by atoms with Crippen molar-refractivity contribution in [2.24, 2.45) is 5.41 Å². The van der Waals surface area contributed by atoms with Gasteiger partial charge in [-0.2, -0.15) is 0 Å². The van der Waals surface area contributed by atoms with Crippen LogP contribution in [0.2, 0.25) is 0 Å². The molecule has 0 spiro atoms. The number of carboxylic acid groups (broad SMARTS) is 1. The first kappa shape index (κ1) is 14.4. The molecule has 0 radical (unpaired) electrons. The molecule has 1 aromatic carbocycles. The maximum absolute atomic E-state index is 12.4. The Kier molecular flexibility index (Phi) is 3.97. The predicted molar refractivity (Wildman–Crippen MR) is 77.6 cm³/mol. The van der Waals surface area contributed by atoms with E-state index in [2.05, 4.69) is 5.32 Å². The fraction of sp³-hybridized carbons (Fsp3) is 0.467. The zero-order valence-corrected chi connectivity index (χ0v) is 11.6. The molecule has 0 aliphatic heterocycles. The molecule has 0 unspecified atom stereocenters. The first-order valence-corrected chi connectivity index (χ1v) is 6.87. The van der Waals surface area contributed by atoms with Crippen LogP contribution in [0.3, 0.4) is 0 Å². The second-order valence-electron chi connectivity index (χ2n) is 5.69. The molecule has 1 fully saturated rings. The van der Waals surface area contributed by atoms with Gasteiger partial charge < -0.3 is 16.2 Å². The second-order valence-corrected chi connectivity index (χ2v) is 5.69. The summed E-state index contributed by atoms with van der Waals surface area (Å²) in [5, 5.41) is 11.9. The standard InChI is InChI=1S/C15H20N2O3/c1-15(7-3-2-4-8-15)14(20)17-12-6-5-10(16)9-11(12)13(18)19/h5-6,9H,2-4,7-8,16H2,1H3,(H,17,20)(H,18,19). The van der Waals surface area contributed by atoms with Crippen molar-refractivity contribution >= 4 is 23.3 Å². The van der Waals surface area contributed by atoms with Crippen LogP contribution in [0.5, 0.6) is 0 Å². The number of amides is 1. The minimum absolute atomic E-state index is 0.0257. The van der Waals surface area contributed by atoms with Crippen molar-refractivity contribution in [3.05, 3.63) is 23.8 Å². The summed E-state index contributed by atoms with van der Waals surface area (Å²) in [4.78, 5) is 23.6. The Labute approximate surface area is 118 Å². The van der Waals surface area contributed by atoms with Crippen molar-refractivity contribution < 1.29 is 14.7 Å². The van der Waals surface area contributed by atoms with Crippen molar-refractivity contribution in [3.63, 3.8) is 0 Å². The van der Waals surface area contributed by atoms with Crippen molar-refractivity contribution in [2.75, 3.05) is 11.1 Å². The van der Waals surface area contributed by atoms with Crippen LogP contribution in [-0.2, 0) is 4.79 Å². The van der Waals surface area contributed by atoms with E-state index in [1.807, 2.05) is 6.92 Å². The number of benzene rings is 1. The summed E-state index contributed by atoms with van der Waals surface area (Å²) in [6.07, 6.45) is 4.92. The molecule has 1 aromatic rings. The van der Waals surface area contributed by atoms with E-state index in [1.165, 1.54) is 6.07 Å². The van der Waals surface area contributed by atoms with E-state index >= 15 is 0 Å². The van der Waals surface area contributed by atoms with Gasteiger partial charge in [-0.3, -0.25) is 4.79 Å². The zero-order valence-electron chi connectivity index (χ0n) is 11.6. The van der Waals surface area contributed by atoms with Crippen LogP contribution < -0.4 is 11.1 Å². The lowest BCUT2D eigenvalue weighted by molar-refractivity contribution is -0.126. The monoisotopic (exact) mass is 276 g/mol. The fourth-order valence-corrected chi connectivity index (χ4v) is 2.68. The van der Waals surface area contributed by atoms with Gasteiger partial charge in [0.2, 0.25) is 5.91 Å². The Bertz CT molecular complexity index is 534. The van der Waals surface area contributed by atoms with Crippen molar-refractivity contribution in [3.8, 4) is 0 Å². The Hall–Kier alpha value is -2.04. The summed E-state index contributed by atoms with van der Waals surface area (Å²) >= 11 is 0. The zero-order chi connectivity index (χ0) is 14.8. The Morgan fingerprint density at radius 3 is 2.50 bits per heavy atom. The van der Waals surface area contributed by atoms with E-state index < -0.39 is 11.4 Å². The van der Waals surface area contributed by atoms with Gasteiger partial charge in [0.15, 0.2) is 0 Å². The first-order valence-electron chi connectivity index (χ1n) is 6.87. The van der Waals surface area contributed by atoms with Crippen LogP contribution in [0.4, 0.5) is 11.4 Å². The lowest BCUT2D eigenvalue weighted by Gasteiger charge is -2.32. The van der Waals surface area contributed by atoms with E-state index in [1.54, 1.807) is 12.1 Å². The van der Waals surface area contributed by atoms with Gasteiger partial charge in [0.1, 0.15) is 0 Å². The molecule has 0 heterocycles. The van der Waals surface area contributed by atoms with Gasteiger partial charge in [0, 0.05) is 11.1 Å². The van der Waals surface area contributed by atoms with E-state index in [-0.39, 0.29) is 11.5 Å². The van der Waals surface area contributed by atoms with Gasteiger partial charge in [0.05, 0.1) is 11.3 Å². The molecule has 5 heteroatoms. The average Bonchev–Trinajstić information content (AvgIpc) is 2.41. The van der Waals surface area contributed by atoms with Crippen LogP contribution in [0, 0.1) is 5.41 Å². The topological polar surface area (TPSA) is 92.4 Å². The third kappa shape index (κ3) is 2.92. The summed E-state index contributed by atoms with van der Waals surface area (Å²) < 4.78 is 0. The molecular formula is C15H20N2O3. The van der Waals surface area contributed by atoms with E-state index in [4.69, 9.17) is 5.73 Å². The highest BCUT2D eigenvalue weighted by molar-refractivity contribution is 6.02. The van der Waals surface area contributed by atoms with Gasteiger partial charge >= 0.3 is 5.97 Å². The molecule has 5 nitrogen and oxygen atoms in total. The van der Waals surface area contributed by atoms with Gasteiger partial charge in [-0.15, -0.1) is 0 Å². The van der Waals surface area contributed by atoms with Crippen LogP contribution in [0.15, 0.2) is 18.2 Å². The highest BCUT2D eigenvalue weighted by Crippen LogP contribution is 2.37. The first-order chi connectivity index (χ1) is 9.42. The number of nitrogens with one attached hydrogen (secondary N) is 1. The van der Waals surface area contributed by atoms with E-state index in [9.17, 15) is 14.7 Å². The van der Waals surface area contributed by atoms with E-state index in [0.29, 0.717) is 11.4 Å². The summed E-state index contributed by atoms with van der Waals surface area (Å²) in [5.74, 6) is -1.20. The highest BCUT2D eigenvalue weighted by Gasteiger charge is 2.34. The number of carbonyl (C=O) groups is 2. The maximum Gasteiger partial charge on any atom is 0.337 e. The number of hydrogen-bond donors (Lipinski definition) is 3. The smallest absolute Gasteiger partial charge is 0.337 e. The Morgan fingerprint density at radius 2 is 1.90 bits per heavy atom. The molecule has 1 amide bonds. The van der Waals surface area contributed by atoms with Crippen molar-refractivity contribution in [1.82, 2.24) is 0 Å². The number of aromatic carboxylic acids is 1. The molecule has 0 atom stereocenters. The van der Waals surface area contributed by atoms with Gasteiger partial charge in [-0.05, 0) is 31.0 Å². The molecular weight excluding hydrogens is 256 g/mol. The fourth-order valence-electron chi connectivity index (χ4n) is 2.68. The van der Waals surface area contributed by atoms with Crippen molar-refractivity contribution in [1.29, 1.82) is 0 Å². The quantitative estimate of drug-likeness (QED) is 0.740. The lowest BCUT2D eigenvalue weighted by Crippen LogP contribution is -2.35. The number of rotatable bonds is 3. The summed E-state index contributed by atoms with van der Waals surface area (Å²) in [6, 6.07) is 4.50. The molecule has 1 aliphatic carbocycles. The second kappa shape index (κ2) is 5.53. The minimum Gasteiger partial charge on any atom is -0.478 e. The number of hydrogen-bond acceptors (Lipinski definition) is 3. The molecule has 108 valence electrons. The van der Waals surface area contributed by atoms with Crippen molar-refractivity contribution in [2.45, 2.75) is 39.0 Å². The molecule has 0 bridgehead atoms. The minimum atomic E-state index is -1.10. The van der Waals surface area contributed by atoms with E-state index in [0.717, 1.165) is 32.1 Å². The molecule has 20 heavy (non-hydrogen) atoms. The highest BCUT2D eigenvalue weighted by atomic mass is 16.4. The van der Waals surface area contributed by atoms with Crippen LogP contribution in [0.25, 0.3) is 0 Å². The number of carboxylic acids is 1. The number of nitrogens with two attached hydrogens (primary N) is 1. The molecule has 1 aliphatic rings.